The Morgan fingerprint density at radius 3 is 2.45 bits per heavy atom. The number of nitrogens with zero attached hydrogens (tertiary/aromatic N) is 2. The third kappa shape index (κ3) is 3.78. The fourth-order valence-electron chi connectivity index (χ4n) is 7.95. The quantitative estimate of drug-likeness (QED) is 0.350. The van der Waals surface area contributed by atoms with Crippen LogP contribution in [0, 0.1) is 11.8 Å². The molecule has 4 atom stereocenters. The van der Waals surface area contributed by atoms with E-state index in [4.69, 9.17) is 4.99 Å². The molecule has 0 amide bonds. The van der Waals surface area contributed by atoms with Crippen LogP contribution in [0.3, 0.4) is 0 Å². The zero-order valence-corrected chi connectivity index (χ0v) is 24.6. The van der Waals surface area contributed by atoms with Crippen LogP contribution in [0.25, 0.3) is 0 Å². The Bertz CT molecular complexity index is 1550. The molecule has 5 aliphatic rings. The number of rotatable bonds is 5. The SMILES string of the molecule is CC1C=CC2=C(C1)C1CC=CC([Si](C3=CC=CCC3)(c3ccccc3)C3(C)CC=CC=N3)=C1N2c1ccccc1. The van der Waals surface area contributed by atoms with Gasteiger partial charge in [-0.15, -0.1) is 0 Å². The molecule has 0 N–H and O–H groups in total. The standard InChI is InChI=1S/C37H38N2Si/c1-28-23-24-34-33(27-28)32-21-14-22-35(36(32)39(34)29-15-6-3-7-16-29)40(30-17-8-4-9-18-30,31-19-10-5-11-20-31)37(2)25-12-13-26-38-37/h3-10,12-19,22-24,26,28,32H,11,20-21,25,27H2,1-2H3. The van der Waals surface area contributed by atoms with Gasteiger partial charge in [-0.25, -0.2) is 0 Å². The van der Waals surface area contributed by atoms with Gasteiger partial charge >= 0.3 is 0 Å². The highest BCUT2D eigenvalue weighted by molar-refractivity contribution is 7.06. The van der Waals surface area contributed by atoms with Gasteiger partial charge < -0.3 is 4.90 Å². The van der Waals surface area contributed by atoms with E-state index in [1.54, 1.807) is 16.0 Å². The van der Waals surface area contributed by atoms with Gasteiger partial charge in [-0.2, -0.15) is 0 Å². The average molecular weight is 539 g/mol. The number of benzene rings is 2. The van der Waals surface area contributed by atoms with Crippen LogP contribution in [0.4, 0.5) is 5.69 Å². The molecule has 2 aromatic carbocycles. The number of hydrogen-bond acceptors (Lipinski definition) is 2. The second kappa shape index (κ2) is 10.0. The molecule has 3 aliphatic carbocycles. The Balaban J connectivity index is 1.59. The summed E-state index contributed by atoms with van der Waals surface area (Å²) in [6.07, 6.45) is 28.8. The first kappa shape index (κ1) is 25.3. The van der Waals surface area contributed by atoms with Crippen molar-refractivity contribution in [2.24, 2.45) is 16.8 Å². The van der Waals surface area contributed by atoms with E-state index in [1.807, 2.05) is 0 Å². The number of aliphatic imine (C=N–C) groups is 1. The Morgan fingerprint density at radius 2 is 1.73 bits per heavy atom. The van der Waals surface area contributed by atoms with Crippen LogP contribution in [0.5, 0.6) is 0 Å². The zero-order chi connectivity index (χ0) is 27.2. The van der Waals surface area contributed by atoms with Crippen molar-refractivity contribution >= 4 is 25.2 Å². The molecule has 2 aromatic rings. The fraction of sp³-hybridized carbons (Fsp3) is 0.270. The first-order valence-electron chi connectivity index (χ1n) is 14.9. The number of para-hydroxylation sites is 1. The summed E-state index contributed by atoms with van der Waals surface area (Å²) in [5, 5.41) is 4.39. The third-order valence-electron chi connectivity index (χ3n) is 9.64. The largest absolute Gasteiger partial charge is 0.314 e. The lowest BCUT2D eigenvalue weighted by atomic mass is 9.84. The minimum absolute atomic E-state index is 0.233. The molecule has 0 spiro atoms. The van der Waals surface area contributed by atoms with Crippen molar-refractivity contribution in [3.05, 3.63) is 143 Å². The maximum Gasteiger partial charge on any atom is 0.175 e. The van der Waals surface area contributed by atoms with Gasteiger partial charge in [0, 0.05) is 29.2 Å². The normalized spacial score (nSPS) is 28.4. The molecule has 7 rings (SSSR count). The molecule has 40 heavy (non-hydrogen) atoms. The van der Waals surface area contributed by atoms with E-state index in [0.717, 1.165) is 32.1 Å². The second-order valence-electron chi connectivity index (χ2n) is 12.1. The molecule has 2 aliphatic heterocycles. The number of fused-ring (bicyclic) bond motifs is 2. The number of dihydropyridines is 1. The summed E-state index contributed by atoms with van der Waals surface area (Å²) in [6.45, 7) is 4.81. The van der Waals surface area contributed by atoms with Crippen LogP contribution in [-0.4, -0.2) is 19.5 Å². The summed E-state index contributed by atoms with van der Waals surface area (Å²) in [5.74, 6) is 0.975. The van der Waals surface area contributed by atoms with Gasteiger partial charge in [0.2, 0.25) is 0 Å². The van der Waals surface area contributed by atoms with Gasteiger partial charge in [-0.3, -0.25) is 4.99 Å². The van der Waals surface area contributed by atoms with E-state index in [1.165, 1.54) is 22.3 Å². The summed E-state index contributed by atoms with van der Waals surface area (Å²) >= 11 is 0. The Morgan fingerprint density at radius 1 is 0.925 bits per heavy atom. The van der Waals surface area contributed by atoms with Crippen LogP contribution in [0.1, 0.15) is 46.0 Å². The van der Waals surface area contributed by atoms with E-state index < -0.39 is 8.07 Å². The van der Waals surface area contributed by atoms with Gasteiger partial charge in [0.05, 0.1) is 5.16 Å². The molecular formula is C37H38N2Si. The molecule has 0 aromatic heterocycles. The van der Waals surface area contributed by atoms with Crippen molar-refractivity contribution in [1.82, 2.24) is 0 Å². The second-order valence-corrected chi connectivity index (χ2v) is 16.4. The van der Waals surface area contributed by atoms with E-state index in [0.29, 0.717) is 11.8 Å². The Hall–Kier alpha value is -3.69. The van der Waals surface area contributed by atoms with E-state index in [2.05, 4.69) is 140 Å². The number of hydrogen-bond donors (Lipinski definition) is 0. The van der Waals surface area contributed by atoms with Crippen LogP contribution in [0.2, 0.25) is 0 Å². The van der Waals surface area contributed by atoms with Crippen molar-refractivity contribution in [3.63, 3.8) is 0 Å². The summed E-state index contributed by atoms with van der Waals surface area (Å²) in [7, 11) is -2.67. The van der Waals surface area contributed by atoms with Gasteiger partial charge in [0.1, 0.15) is 0 Å². The average Bonchev–Trinajstić information content (AvgIpc) is 3.33. The van der Waals surface area contributed by atoms with Crippen LogP contribution in [0.15, 0.2) is 148 Å². The first-order chi connectivity index (χ1) is 19.6. The summed E-state index contributed by atoms with van der Waals surface area (Å²) in [6, 6.07) is 22.6. The molecule has 4 unspecified atom stereocenters. The highest BCUT2D eigenvalue weighted by atomic mass is 28.3. The van der Waals surface area contributed by atoms with Gasteiger partial charge in [0.25, 0.3) is 0 Å². The molecule has 200 valence electrons. The molecule has 0 bridgehead atoms. The van der Waals surface area contributed by atoms with E-state index in [9.17, 15) is 0 Å². The predicted octanol–water partition coefficient (Wildman–Crippen LogP) is 8.23. The minimum Gasteiger partial charge on any atom is -0.314 e. The Kier molecular flexibility index (Phi) is 6.35. The lowest BCUT2D eigenvalue weighted by Gasteiger charge is -2.50. The molecule has 2 heterocycles. The van der Waals surface area contributed by atoms with Crippen molar-refractivity contribution in [1.29, 1.82) is 0 Å². The van der Waals surface area contributed by atoms with Crippen molar-refractivity contribution in [2.75, 3.05) is 4.90 Å². The van der Waals surface area contributed by atoms with Crippen LogP contribution < -0.4 is 10.1 Å². The summed E-state index contributed by atoms with van der Waals surface area (Å²) in [5.41, 5.74) is 5.79. The highest BCUT2D eigenvalue weighted by Gasteiger charge is 2.58. The maximum absolute atomic E-state index is 5.45. The van der Waals surface area contributed by atoms with Gasteiger partial charge in [-0.1, -0.05) is 103 Å². The summed E-state index contributed by atoms with van der Waals surface area (Å²) in [4.78, 5) is 8.08. The maximum atomic E-state index is 5.45. The number of anilines is 1. The predicted molar refractivity (Wildman–Crippen MR) is 172 cm³/mol. The smallest absolute Gasteiger partial charge is 0.175 e. The molecule has 0 saturated heterocycles. The molecule has 0 radical (unpaired) electrons. The highest BCUT2D eigenvalue weighted by Crippen LogP contribution is 2.54. The molecular weight excluding hydrogens is 501 g/mol. The summed E-state index contributed by atoms with van der Waals surface area (Å²) < 4.78 is 0. The van der Waals surface area contributed by atoms with Gasteiger partial charge in [-0.05, 0) is 85.2 Å². The van der Waals surface area contributed by atoms with Gasteiger partial charge in [0.15, 0.2) is 8.07 Å². The fourth-order valence-corrected chi connectivity index (χ4v) is 14.2. The lowest BCUT2D eigenvalue weighted by Crippen LogP contribution is -2.68. The van der Waals surface area contributed by atoms with Crippen LogP contribution >= 0.6 is 0 Å². The first-order valence-corrected chi connectivity index (χ1v) is 16.9. The van der Waals surface area contributed by atoms with E-state index in [-0.39, 0.29) is 5.16 Å². The molecule has 3 heteroatoms. The Labute approximate surface area is 240 Å². The monoisotopic (exact) mass is 538 g/mol. The molecule has 2 nitrogen and oxygen atoms in total. The van der Waals surface area contributed by atoms with Crippen LogP contribution in [-0.2, 0) is 0 Å². The molecule has 0 fully saturated rings. The van der Waals surface area contributed by atoms with Crippen molar-refractivity contribution in [2.45, 2.75) is 51.1 Å². The lowest BCUT2D eigenvalue weighted by molar-refractivity contribution is 0.617. The zero-order valence-electron chi connectivity index (χ0n) is 23.6. The number of allylic oxidation sites excluding steroid dienone is 11. The van der Waals surface area contributed by atoms with E-state index >= 15 is 0 Å². The minimum atomic E-state index is -2.67. The van der Waals surface area contributed by atoms with Crippen molar-refractivity contribution < 1.29 is 0 Å². The topological polar surface area (TPSA) is 15.6 Å². The molecule has 0 saturated carbocycles. The van der Waals surface area contributed by atoms with Crippen molar-refractivity contribution in [3.8, 4) is 0 Å². The third-order valence-corrected chi connectivity index (χ3v) is 15.4.